The van der Waals surface area contributed by atoms with E-state index in [9.17, 15) is 4.79 Å². The van der Waals surface area contributed by atoms with Crippen molar-refractivity contribution in [2.24, 2.45) is 5.92 Å². The van der Waals surface area contributed by atoms with Crippen molar-refractivity contribution in [1.29, 1.82) is 0 Å². The lowest BCUT2D eigenvalue weighted by Crippen LogP contribution is -2.37. The highest BCUT2D eigenvalue weighted by Crippen LogP contribution is 2.17. The maximum Gasteiger partial charge on any atom is 0.241 e. The standard InChI is InChI=1S/C14H27N3O/c1-11(2)13-14(18)17(12(3)15-13)10-6-9-16-7-4-5-8-16/h11-13,15H,4-10H2,1-3H3. The van der Waals surface area contributed by atoms with Crippen molar-refractivity contribution < 1.29 is 4.79 Å². The lowest BCUT2D eigenvalue weighted by atomic mass is 10.1. The molecule has 0 spiro atoms. The zero-order chi connectivity index (χ0) is 13.1. The molecule has 4 heteroatoms. The first-order valence-electron chi connectivity index (χ1n) is 7.38. The molecule has 0 radical (unpaired) electrons. The Kier molecular flexibility index (Phi) is 4.62. The Morgan fingerprint density at radius 2 is 1.94 bits per heavy atom. The van der Waals surface area contributed by atoms with E-state index in [0.29, 0.717) is 11.8 Å². The van der Waals surface area contributed by atoms with Crippen molar-refractivity contribution in [1.82, 2.24) is 15.1 Å². The minimum Gasteiger partial charge on any atom is -0.326 e. The van der Waals surface area contributed by atoms with E-state index in [-0.39, 0.29) is 12.2 Å². The number of hydrogen-bond donors (Lipinski definition) is 1. The van der Waals surface area contributed by atoms with Crippen molar-refractivity contribution in [3.8, 4) is 0 Å². The van der Waals surface area contributed by atoms with Gasteiger partial charge < -0.3 is 9.80 Å². The summed E-state index contributed by atoms with van der Waals surface area (Å²) >= 11 is 0. The van der Waals surface area contributed by atoms with Crippen LogP contribution in [0.15, 0.2) is 0 Å². The number of hydrogen-bond acceptors (Lipinski definition) is 3. The molecule has 2 aliphatic rings. The lowest BCUT2D eigenvalue weighted by Gasteiger charge is -2.22. The van der Waals surface area contributed by atoms with Crippen LogP contribution >= 0.6 is 0 Å². The van der Waals surface area contributed by atoms with Crippen LogP contribution in [0, 0.1) is 5.92 Å². The molecule has 2 unspecified atom stereocenters. The summed E-state index contributed by atoms with van der Waals surface area (Å²) in [6.07, 6.45) is 3.98. The van der Waals surface area contributed by atoms with E-state index in [4.69, 9.17) is 0 Å². The summed E-state index contributed by atoms with van der Waals surface area (Å²) < 4.78 is 0. The molecule has 1 N–H and O–H groups in total. The van der Waals surface area contributed by atoms with E-state index in [1.807, 2.05) is 4.90 Å². The van der Waals surface area contributed by atoms with Crippen LogP contribution in [0.25, 0.3) is 0 Å². The summed E-state index contributed by atoms with van der Waals surface area (Å²) in [4.78, 5) is 16.8. The number of nitrogens with zero attached hydrogens (tertiary/aromatic N) is 2. The van der Waals surface area contributed by atoms with Gasteiger partial charge in [0, 0.05) is 6.54 Å². The number of rotatable bonds is 5. The van der Waals surface area contributed by atoms with E-state index in [0.717, 1.165) is 19.5 Å². The molecule has 2 fully saturated rings. The molecule has 4 nitrogen and oxygen atoms in total. The molecule has 0 aromatic carbocycles. The number of carbonyl (C=O) groups is 1. The zero-order valence-electron chi connectivity index (χ0n) is 12.0. The fraction of sp³-hybridized carbons (Fsp3) is 0.929. The molecule has 0 bridgehead atoms. The van der Waals surface area contributed by atoms with Crippen LogP contribution in [0.2, 0.25) is 0 Å². The monoisotopic (exact) mass is 253 g/mol. The number of carbonyl (C=O) groups excluding carboxylic acids is 1. The highest BCUT2D eigenvalue weighted by atomic mass is 16.2. The van der Waals surface area contributed by atoms with E-state index in [2.05, 4.69) is 31.0 Å². The molecule has 18 heavy (non-hydrogen) atoms. The highest BCUT2D eigenvalue weighted by Gasteiger charge is 2.37. The predicted molar refractivity (Wildman–Crippen MR) is 73.2 cm³/mol. The van der Waals surface area contributed by atoms with Crippen molar-refractivity contribution in [2.45, 2.75) is 52.2 Å². The Bertz CT molecular complexity index is 287. The van der Waals surface area contributed by atoms with Gasteiger partial charge in [-0.3, -0.25) is 10.1 Å². The number of amides is 1. The molecule has 2 aliphatic heterocycles. The first-order chi connectivity index (χ1) is 8.59. The molecule has 2 heterocycles. The molecule has 2 rings (SSSR count). The Balaban J connectivity index is 1.76. The molecule has 104 valence electrons. The van der Waals surface area contributed by atoms with Gasteiger partial charge in [0.15, 0.2) is 0 Å². The van der Waals surface area contributed by atoms with Gasteiger partial charge >= 0.3 is 0 Å². The van der Waals surface area contributed by atoms with Gasteiger partial charge in [-0.25, -0.2) is 0 Å². The normalized spacial score (nSPS) is 29.8. The third-order valence-electron chi connectivity index (χ3n) is 4.18. The fourth-order valence-corrected chi connectivity index (χ4v) is 3.04. The van der Waals surface area contributed by atoms with Crippen molar-refractivity contribution in [2.75, 3.05) is 26.2 Å². The summed E-state index contributed by atoms with van der Waals surface area (Å²) in [7, 11) is 0. The fourth-order valence-electron chi connectivity index (χ4n) is 3.04. The maximum absolute atomic E-state index is 12.2. The molecular formula is C14H27N3O. The summed E-state index contributed by atoms with van der Waals surface area (Å²) in [5.74, 6) is 0.669. The van der Waals surface area contributed by atoms with E-state index >= 15 is 0 Å². The molecule has 0 aromatic rings. The maximum atomic E-state index is 12.2. The second-order valence-corrected chi connectivity index (χ2v) is 6.00. The predicted octanol–water partition coefficient (Wildman–Crippen LogP) is 1.27. The van der Waals surface area contributed by atoms with E-state index in [1.165, 1.54) is 25.9 Å². The average Bonchev–Trinajstić information content (AvgIpc) is 2.91. The smallest absolute Gasteiger partial charge is 0.241 e. The Morgan fingerprint density at radius 3 is 2.50 bits per heavy atom. The quantitative estimate of drug-likeness (QED) is 0.801. The highest BCUT2D eigenvalue weighted by molar-refractivity contribution is 5.84. The van der Waals surface area contributed by atoms with Crippen LogP contribution in [-0.4, -0.2) is 54.1 Å². The Labute approximate surface area is 111 Å². The van der Waals surface area contributed by atoms with Crippen LogP contribution in [0.3, 0.4) is 0 Å². The van der Waals surface area contributed by atoms with Gasteiger partial charge in [0.2, 0.25) is 5.91 Å². The second-order valence-electron chi connectivity index (χ2n) is 6.00. The first-order valence-corrected chi connectivity index (χ1v) is 7.38. The van der Waals surface area contributed by atoms with Gasteiger partial charge in [0.25, 0.3) is 0 Å². The summed E-state index contributed by atoms with van der Waals surface area (Å²) in [6, 6.07) is 0.0202. The molecular weight excluding hydrogens is 226 g/mol. The minimum atomic E-state index is 0.0202. The SMILES string of the molecule is CC(C)C1NC(C)N(CCCN2CCCC2)C1=O. The van der Waals surface area contributed by atoms with Gasteiger partial charge in [-0.1, -0.05) is 13.8 Å². The van der Waals surface area contributed by atoms with Crippen LogP contribution in [-0.2, 0) is 4.79 Å². The number of nitrogens with one attached hydrogen (secondary N) is 1. The topological polar surface area (TPSA) is 35.6 Å². The number of likely N-dealkylation sites (tertiary alicyclic amines) is 1. The summed E-state index contributed by atoms with van der Waals surface area (Å²) in [5, 5.41) is 3.39. The van der Waals surface area contributed by atoms with Crippen LogP contribution < -0.4 is 5.32 Å². The third-order valence-corrected chi connectivity index (χ3v) is 4.18. The second kappa shape index (κ2) is 6.02. The Morgan fingerprint density at radius 1 is 1.28 bits per heavy atom. The van der Waals surface area contributed by atoms with E-state index < -0.39 is 0 Å². The van der Waals surface area contributed by atoms with Crippen LogP contribution in [0.1, 0.15) is 40.0 Å². The third kappa shape index (κ3) is 3.04. The van der Waals surface area contributed by atoms with Crippen molar-refractivity contribution in [3.05, 3.63) is 0 Å². The molecule has 2 saturated heterocycles. The molecule has 0 aromatic heterocycles. The average molecular weight is 253 g/mol. The molecule has 0 aliphatic carbocycles. The molecule has 0 saturated carbocycles. The van der Waals surface area contributed by atoms with Gasteiger partial charge in [0.1, 0.15) is 0 Å². The van der Waals surface area contributed by atoms with E-state index in [1.54, 1.807) is 0 Å². The first kappa shape index (κ1) is 13.8. The van der Waals surface area contributed by atoms with Crippen LogP contribution in [0.4, 0.5) is 0 Å². The van der Waals surface area contributed by atoms with Gasteiger partial charge in [0.05, 0.1) is 12.2 Å². The molecule has 2 atom stereocenters. The summed E-state index contributed by atoms with van der Waals surface area (Å²) in [5.41, 5.74) is 0. The van der Waals surface area contributed by atoms with Gasteiger partial charge in [-0.05, 0) is 51.7 Å². The molecule has 1 amide bonds. The summed E-state index contributed by atoms with van der Waals surface area (Å²) in [6.45, 7) is 10.8. The van der Waals surface area contributed by atoms with Crippen molar-refractivity contribution in [3.63, 3.8) is 0 Å². The van der Waals surface area contributed by atoms with Gasteiger partial charge in [-0.2, -0.15) is 0 Å². The Hall–Kier alpha value is -0.610. The van der Waals surface area contributed by atoms with Crippen LogP contribution in [0.5, 0.6) is 0 Å². The zero-order valence-corrected chi connectivity index (χ0v) is 12.0. The largest absolute Gasteiger partial charge is 0.326 e. The lowest BCUT2D eigenvalue weighted by molar-refractivity contribution is -0.130. The van der Waals surface area contributed by atoms with Crippen molar-refractivity contribution >= 4 is 5.91 Å². The minimum absolute atomic E-state index is 0.0202. The van der Waals surface area contributed by atoms with Gasteiger partial charge in [-0.15, -0.1) is 0 Å².